The van der Waals surface area contributed by atoms with E-state index < -0.39 is 15.9 Å². The standard InChI is InChI=1S/C25H26ClN5O3S/c1-15-23(24(26)30(2)29-15)35(33,34)31-10-8-17(9-11-31)21-14-28-22-19(21)12-18(13-20(22)25(27)32)16-6-4-3-5-7-16/h3-7,12-14,17,28H,8-11H2,1-2H3,(H2,27,32). The lowest BCUT2D eigenvalue weighted by Crippen LogP contribution is -2.38. The maximum absolute atomic E-state index is 13.3. The van der Waals surface area contributed by atoms with Crippen molar-refractivity contribution in [2.45, 2.75) is 30.6 Å². The van der Waals surface area contributed by atoms with E-state index in [1.807, 2.05) is 42.6 Å². The number of amides is 1. The van der Waals surface area contributed by atoms with Crippen LogP contribution < -0.4 is 5.73 Å². The first-order valence-corrected chi connectivity index (χ1v) is 13.2. The van der Waals surface area contributed by atoms with E-state index in [4.69, 9.17) is 17.3 Å². The molecule has 0 atom stereocenters. The number of nitrogens with one attached hydrogen (secondary N) is 1. The molecule has 0 aliphatic carbocycles. The van der Waals surface area contributed by atoms with E-state index in [-0.39, 0.29) is 16.0 Å². The van der Waals surface area contributed by atoms with Crippen LogP contribution in [0.1, 0.15) is 40.4 Å². The van der Waals surface area contributed by atoms with Crippen molar-refractivity contribution in [2.24, 2.45) is 12.8 Å². The SMILES string of the molecule is Cc1nn(C)c(Cl)c1S(=O)(=O)N1CCC(c2c[nH]c3c(C(N)=O)cc(-c4ccccc4)cc23)CC1. The number of piperidine rings is 1. The van der Waals surface area contributed by atoms with Gasteiger partial charge >= 0.3 is 0 Å². The molecule has 3 N–H and O–H groups in total. The molecule has 1 aliphatic heterocycles. The van der Waals surface area contributed by atoms with Gasteiger partial charge in [-0.1, -0.05) is 41.9 Å². The van der Waals surface area contributed by atoms with Gasteiger partial charge in [0.25, 0.3) is 5.91 Å². The molecule has 2 aromatic heterocycles. The zero-order chi connectivity index (χ0) is 24.9. The highest BCUT2D eigenvalue weighted by molar-refractivity contribution is 7.89. The first kappa shape index (κ1) is 23.6. The van der Waals surface area contributed by atoms with Gasteiger partial charge in [0.2, 0.25) is 10.0 Å². The number of sulfonamides is 1. The summed E-state index contributed by atoms with van der Waals surface area (Å²) in [6.45, 7) is 2.38. The maximum atomic E-state index is 13.3. The molecule has 0 unspecified atom stereocenters. The summed E-state index contributed by atoms with van der Waals surface area (Å²) in [7, 11) is -2.12. The van der Waals surface area contributed by atoms with E-state index in [0.717, 1.165) is 22.1 Å². The van der Waals surface area contributed by atoms with E-state index >= 15 is 0 Å². The minimum Gasteiger partial charge on any atom is -0.366 e. The normalized spacial score (nSPS) is 15.6. The van der Waals surface area contributed by atoms with Gasteiger partial charge in [-0.25, -0.2) is 8.42 Å². The Balaban J connectivity index is 1.46. The van der Waals surface area contributed by atoms with Crippen molar-refractivity contribution in [3.63, 3.8) is 0 Å². The van der Waals surface area contributed by atoms with Crippen LogP contribution in [0.5, 0.6) is 0 Å². The molecule has 35 heavy (non-hydrogen) atoms. The number of fused-ring (bicyclic) bond motifs is 1. The number of rotatable bonds is 5. The van der Waals surface area contributed by atoms with E-state index in [0.29, 0.717) is 42.7 Å². The van der Waals surface area contributed by atoms with Crippen LogP contribution in [0.3, 0.4) is 0 Å². The van der Waals surface area contributed by atoms with E-state index in [2.05, 4.69) is 16.1 Å². The molecule has 0 bridgehead atoms. The van der Waals surface area contributed by atoms with E-state index in [1.54, 1.807) is 14.0 Å². The number of aryl methyl sites for hydroxylation is 2. The molecule has 10 heteroatoms. The smallest absolute Gasteiger partial charge is 0.250 e. The first-order chi connectivity index (χ1) is 16.7. The predicted octanol–water partition coefficient (Wildman–Crippen LogP) is 4.20. The second kappa shape index (κ2) is 8.82. The van der Waals surface area contributed by atoms with Crippen molar-refractivity contribution in [1.29, 1.82) is 0 Å². The topological polar surface area (TPSA) is 114 Å². The Bertz CT molecular complexity index is 1530. The van der Waals surface area contributed by atoms with Crippen molar-refractivity contribution in [1.82, 2.24) is 19.1 Å². The van der Waals surface area contributed by atoms with Crippen molar-refractivity contribution >= 4 is 38.4 Å². The molecule has 8 nitrogen and oxygen atoms in total. The zero-order valence-corrected chi connectivity index (χ0v) is 21.0. The highest BCUT2D eigenvalue weighted by Crippen LogP contribution is 2.38. The maximum Gasteiger partial charge on any atom is 0.250 e. The Morgan fingerprint density at radius 3 is 2.43 bits per heavy atom. The molecule has 1 saturated heterocycles. The Morgan fingerprint density at radius 1 is 1.14 bits per heavy atom. The molecule has 1 aliphatic rings. The predicted molar refractivity (Wildman–Crippen MR) is 136 cm³/mol. The van der Waals surface area contributed by atoms with Crippen LogP contribution in [0, 0.1) is 6.92 Å². The second-order valence-electron chi connectivity index (χ2n) is 8.93. The molecule has 1 fully saturated rings. The summed E-state index contributed by atoms with van der Waals surface area (Å²) in [5, 5.41) is 5.21. The van der Waals surface area contributed by atoms with Crippen LogP contribution in [0.2, 0.25) is 5.15 Å². The van der Waals surface area contributed by atoms with Crippen molar-refractivity contribution < 1.29 is 13.2 Å². The van der Waals surface area contributed by atoms with Gasteiger partial charge in [0.05, 0.1) is 16.8 Å². The third kappa shape index (κ3) is 4.03. The number of hydrogen-bond donors (Lipinski definition) is 2. The molecule has 182 valence electrons. The lowest BCUT2D eigenvalue weighted by atomic mass is 9.88. The summed E-state index contributed by atoms with van der Waals surface area (Å²) >= 11 is 6.25. The quantitative estimate of drug-likeness (QED) is 0.418. The number of nitrogens with zero attached hydrogens (tertiary/aromatic N) is 3. The summed E-state index contributed by atoms with van der Waals surface area (Å²) in [6.07, 6.45) is 3.21. The third-order valence-corrected chi connectivity index (χ3v) is 9.38. The number of H-pyrrole nitrogens is 1. The minimum atomic E-state index is -3.75. The monoisotopic (exact) mass is 511 g/mol. The summed E-state index contributed by atoms with van der Waals surface area (Å²) in [5.74, 6) is -0.363. The van der Waals surface area contributed by atoms with Gasteiger partial charge in [0.15, 0.2) is 0 Å². The fourth-order valence-electron chi connectivity index (χ4n) is 5.02. The van der Waals surface area contributed by atoms with E-state index in [9.17, 15) is 13.2 Å². The van der Waals surface area contributed by atoms with Crippen LogP contribution >= 0.6 is 11.6 Å². The molecular weight excluding hydrogens is 486 g/mol. The summed E-state index contributed by atoms with van der Waals surface area (Å²) in [4.78, 5) is 15.6. The number of aromatic nitrogens is 3. The van der Waals surface area contributed by atoms with Gasteiger partial charge in [-0.05, 0) is 54.5 Å². The highest BCUT2D eigenvalue weighted by atomic mass is 35.5. The van der Waals surface area contributed by atoms with Gasteiger partial charge in [0.1, 0.15) is 10.0 Å². The first-order valence-electron chi connectivity index (χ1n) is 11.4. The van der Waals surface area contributed by atoms with Crippen molar-refractivity contribution in [2.75, 3.05) is 13.1 Å². The Morgan fingerprint density at radius 2 is 1.83 bits per heavy atom. The Labute approximate surface area is 208 Å². The number of carbonyl (C=O) groups excluding carboxylic acids is 1. The fraction of sp³-hybridized carbons (Fsp3) is 0.280. The largest absolute Gasteiger partial charge is 0.366 e. The van der Waals surface area contributed by atoms with Crippen LogP contribution in [0.4, 0.5) is 0 Å². The molecule has 3 heterocycles. The van der Waals surface area contributed by atoms with E-state index in [1.165, 1.54) is 8.99 Å². The Hall–Kier alpha value is -3.14. The second-order valence-corrected chi connectivity index (χ2v) is 11.2. The van der Waals surface area contributed by atoms with Crippen LogP contribution in [-0.4, -0.2) is 46.5 Å². The Kier molecular flexibility index (Phi) is 5.94. The molecule has 0 radical (unpaired) electrons. The summed E-state index contributed by atoms with van der Waals surface area (Å²) in [5.41, 5.74) is 10.2. The highest BCUT2D eigenvalue weighted by Gasteiger charge is 2.35. The fourth-order valence-corrected chi connectivity index (χ4v) is 7.20. The third-order valence-electron chi connectivity index (χ3n) is 6.79. The number of carbonyl (C=O) groups is 1. The van der Waals surface area contributed by atoms with Gasteiger partial charge in [-0.2, -0.15) is 9.40 Å². The molecule has 5 rings (SSSR count). The van der Waals surface area contributed by atoms with Gasteiger partial charge in [0, 0.05) is 31.7 Å². The summed E-state index contributed by atoms with van der Waals surface area (Å²) in [6, 6.07) is 13.7. The number of nitrogens with two attached hydrogens (primary N) is 1. The van der Waals surface area contributed by atoms with Gasteiger partial charge < -0.3 is 10.7 Å². The number of halogens is 1. The van der Waals surface area contributed by atoms with Crippen LogP contribution in [-0.2, 0) is 17.1 Å². The van der Waals surface area contributed by atoms with Gasteiger partial charge in [-0.15, -0.1) is 0 Å². The van der Waals surface area contributed by atoms with Crippen LogP contribution in [0.25, 0.3) is 22.0 Å². The summed E-state index contributed by atoms with van der Waals surface area (Å²) < 4.78 is 29.5. The molecule has 4 aromatic rings. The minimum absolute atomic E-state index is 0.0748. The zero-order valence-electron chi connectivity index (χ0n) is 19.5. The van der Waals surface area contributed by atoms with Crippen LogP contribution in [0.15, 0.2) is 53.6 Å². The van der Waals surface area contributed by atoms with Gasteiger partial charge in [-0.3, -0.25) is 9.48 Å². The molecule has 0 spiro atoms. The molecule has 2 aromatic carbocycles. The average molecular weight is 512 g/mol. The molecule has 1 amide bonds. The number of primary amides is 1. The molecule has 0 saturated carbocycles. The number of aromatic amines is 1. The van der Waals surface area contributed by atoms with Crippen molar-refractivity contribution in [3.8, 4) is 11.1 Å². The van der Waals surface area contributed by atoms with Crippen molar-refractivity contribution in [3.05, 3.63) is 70.6 Å². The number of hydrogen-bond acceptors (Lipinski definition) is 4. The average Bonchev–Trinajstić information content (AvgIpc) is 3.38. The molecular formula is C25H26ClN5O3S. The lowest BCUT2D eigenvalue weighted by molar-refractivity contribution is 0.100. The lowest BCUT2D eigenvalue weighted by Gasteiger charge is -2.31. The number of benzene rings is 2.